The summed E-state index contributed by atoms with van der Waals surface area (Å²) in [4.78, 5) is 38.0. The van der Waals surface area contributed by atoms with Crippen molar-refractivity contribution in [3.63, 3.8) is 0 Å². The molecule has 0 saturated carbocycles. The molecule has 69 heavy (non-hydrogen) atoms. The molecule has 6 heteroatoms. The topological polar surface area (TPSA) is 78.9 Å². The number of ether oxygens (including phenoxy) is 3. The minimum Gasteiger partial charge on any atom is -0.462 e. The summed E-state index contributed by atoms with van der Waals surface area (Å²) in [7, 11) is 0. The van der Waals surface area contributed by atoms with Crippen LogP contribution in [0.15, 0.2) is 146 Å². The van der Waals surface area contributed by atoms with Gasteiger partial charge >= 0.3 is 17.9 Å². The summed E-state index contributed by atoms with van der Waals surface area (Å²) in [5, 5.41) is 0. The molecule has 0 aliphatic carbocycles. The van der Waals surface area contributed by atoms with Crippen LogP contribution in [0.2, 0.25) is 0 Å². The fourth-order valence-corrected chi connectivity index (χ4v) is 6.74. The van der Waals surface area contributed by atoms with Crippen LogP contribution in [0.25, 0.3) is 0 Å². The van der Waals surface area contributed by atoms with Crippen molar-refractivity contribution in [1.82, 2.24) is 0 Å². The average Bonchev–Trinajstić information content (AvgIpc) is 3.35. The number of hydrogen-bond donors (Lipinski definition) is 0. The van der Waals surface area contributed by atoms with Crippen LogP contribution in [0.1, 0.15) is 213 Å². The van der Waals surface area contributed by atoms with Crippen LogP contribution in [0.3, 0.4) is 0 Å². The van der Waals surface area contributed by atoms with E-state index in [1.54, 1.807) is 0 Å². The van der Waals surface area contributed by atoms with E-state index in [1.165, 1.54) is 57.8 Å². The number of carbonyl (C=O) groups is 3. The Bertz CT molecular complexity index is 1560. The number of carbonyl (C=O) groups excluding carboxylic acids is 3. The van der Waals surface area contributed by atoms with Crippen LogP contribution < -0.4 is 0 Å². The summed E-state index contributed by atoms with van der Waals surface area (Å²) < 4.78 is 16.7. The molecule has 6 nitrogen and oxygen atoms in total. The molecule has 386 valence electrons. The van der Waals surface area contributed by atoms with E-state index in [1.807, 2.05) is 24.3 Å². The van der Waals surface area contributed by atoms with Gasteiger partial charge in [0.05, 0.1) is 0 Å². The Hall–Kier alpha value is -4.71. The zero-order valence-corrected chi connectivity index (χ0v) is 44.0. The van der Waals surface area contributed by atoms with E-state index in [9.17, 15) is 14.4 Å². The lowest BCUT2D eigenvalue weighted by Crippen LogP contribution is -2.30. The van der Waals surface area contributed by atoms with Crippen LogP contribution in [0.5, 0.6) is 0 Å². The van der Waals surface area contributed by atoms with Crippen molar-refractivity contribution >= 4 is 17.9 Å². The maximum Gasteiger partial charge on any atom is 0.306 e. The third kappa shape index (κ3) is 54.1. The normalized spacial score (nSPS) is 13.3. The molecule has 0 aliphatic rings. The summed E-state index contributed by atoms with van der Waals surface area (Å²) in [5.74, 6) is -1.13. The first-order valence-electron chi connectivity index (χ1n) is 27.3. The van der Waals surface area contributed by atoms with Crippen LogP contribution in [-0.4, -0.2) is 37.2 Å². The van der Waals surface area contributed by atoms with Gasteiger partial charge in [0.1, 0.15) is 13.2 Å². The Morgan fingerprint density at radius 1 is 0.304 bits per heavy atom. The van der Waals surface area contributed by atoms with Gasteiger partial charge in [0.15, 0.2) is 6.10 Å². The van der Waals surface area contributed by atoms with Gasteiger partial charge < -0.3 is 14.2 Å². The van der Waals surface area contributed by atoms with E-state index in [-0.39, 0.29) is 50.4 Å². The Labute approximate surface area is 423 Å². The predicted molar refractivity (Wildman–Crippen MR) is 297 cm³/mol. The predicted octanol–water partition coefficient (Wildman–Crippen LogP) is 18.4. The summed E-state index contributed by atoms with van der Waals surface area (Å²) >= 11 is 0. The second-order valence-electron chi connectivity index (χ2n) is 17.4. The summed E-state index contributed by atoms with van der Waals surface area (Å²) in [6, 6.07) is 0. The van der Waals surface area contributed by atoms with E-state index < -0.39 is 6.10 Å². The molecule has 0 fully saturated rings. The van der Waals surface area contributed by atoms with E-state index in [0.717, 1.165) is 103 Å². The summed E-state index contributed by atoms with van der Waals surface area (Å²) in [5.41, 5.74) is 0. The molecular weight excluding hydrogens is 853 g/mol. The number of unbranched alkanes of at least 4 members (excludes halogenated alkanes) is 12. The minimum atomic E-state index is -0.849. The molecule has 0 radical (unpaired) electrons. The average molecular weight is 951 g/mol. The Kier molecular flexibility index (Phi) is 52.1. The molecule has 0 heterocycles. The molecule has 0 aliphatic heterocycles. The second-order valence-corrected chi connectivity index (χ2v) is 17.4. The van der Waals surface area contributed by atoms with Crippen LogP contribution >= 0.6 is 0 Å². The fourth-order valence-electron chi connectivity index (χ4n) is 6.74. The fraction of sp³-hybridized carbons (Fsp3) is 0.571. The highest BCUT2D eigenvalue weighted by molar-refractivity contribution is 5.71. The molecule has 0 aromatic rings. The van der Waals surface area contributed by atoms with Crippen molar-refractivity contribution in [3.05, 3.63) is 146 Å². The van der Waals surface area contributed by atoms with Gasteiger partial charge in [0, 0.05) is 19.3 Å². The quantitative estimate of drug-likeness (QED) is 0.0262. The van der Waals surface area contributed by atoms with Gasteiger partial charge in [0.2, 0.25) is 0 Å². The number of hydrogen-bond acceptors (Lipinski definition) is 6. The molecule has 1 atom stereocenters. The largest absolute Gasteiger partial charge is 0.462 e. The Morgan fingerprint density at radius 2 is 0.594 bits per heavy atom. The van der Waals surface area contributed by atoms with Gasteiger partial charge in [-0.05, 0) is 122 Å². The van der Waals surface area contributed by atoms with E-state index >= 15 is 0 Å². The molecule has 0 N–H and O–H groups in total. The molecule has 0 unspecified atom stereocenters. The molecule has 0 spiro atoms. The van der Waals surface area contributed by atoms with Crippen LogP contribution in [0, 0.1) is 0 Å². The zero-order chi connectivity index (χ0) is 50.0. The first-order chi connectivity index (χ1) is 34.0. The lowest BCUT2D eigenvalue weighted by molar-refractivity contribution is -0.166. The molecule has 0 aromatic heterocycles. The van der Waals surface area contributed by atoms with E-state index in [4.69, 9.17) is 14.2 Å². The summed E-state index contributed by atoms with van der Waals surface area (Å²) in [6.45, 7) is 6.32. The van der Waals surface area contributed by atoms with Crippen molar-refractivity contribution in [1.29, 1.82) is 0 Å². The summed E-state index contributed by atoms with van der Waals surface area (Å²) in [6.07, 6.45) is 80.0. The minimum absolute atomic E-state index is 0.150. The number of rotatable bonds is 47. The van der Waals surface area contributed by atoms with Gasteiger partial charge in [-0.25, -0.2) is 0 Å². The highest BCUT2D eigenvalue weighted by Crippen LogP contribution is 2.11. The Balaban J connectivity index is 4.63. The number of allylic oxidation sites excluding steroid dienone is 24. The van der Waals surface area contributed by atoms with Crippen molar-refractivity contribution in [2.45, 2.75) is 219 Å². The maximum atomic E-state index is 12.8. The second kappa shape index (κ2) is 55.9. The highest BCUT2D eigenvalue weighted by Gasteiger charge is 2.19. The molecule has 0 aromatic carbocycles. The molecule has 0 rings (SSSR count). The molecule has 0 amide bonds. The number of esters is 3. The van der Waals surface area contributed by atoms with Gasteiger partial charge in [-0.2, -0.15) is 0 Å². The van der Waals surface area contributed by atoms with Gasteiger partial charge in [0.25, 0.3) is 0 Å². The van der Waals surface area contributed by atoms with E-state index in [0.29, 0.717) is 12.8 Å². The monoisotopic (exact) mass is 951 g/mol. The first kappa shape index (κ1) is 64.3. The van der Waals surface area contributed by atoms with Crippen molar-refractivity contribution in [2.75, 3.05) is 13.2 Å². The molecule has 0 saturated heterocycles. The lowest BCUT2D eigenvalue weighted by Gasteiger charge is -2.18. The standard InChI is InChI=1S/C63H98O6/c1-4-7-10-13-16-19-22-25-27-29-31-33-35-38-40-43-46-49-52-55-61(64)67-58-60(69-63(66)57-54-51-48-45-42-37-24-21-18-15-12-9-6-3)59-68-62(65)56-53-50-47-44-41-39-36-34-32-30-28-26-23-20-17-14-11-8-5-2/h7,10,16-17,19-21,24-28,31-34,38-41,46-47,49-50,60H,4-6,8-9,11-15,18,22-23,29-30,35-37,42-45,48,51-59H2,1-3H3/b10-7-,19-16-,20-17-,24-21-,27-25-,28-26-,33-31-,34-32-,40-38-,41-39-,49-46-,50-47-/t60-/m1/s1. The van der Waals surface area contributed by atoms with Crippen LogP contribution in [-0.2, 0) is 28.6 Å². The SMILES string of the molecule is CC/C=C\C/C=C\C/C=C\C/C=C\C/C=C\C/C=C\CCC(=O)OC[C@H](COC(=O)CC/C=C\C/C=C\C/C=C\C/C=C\C/C=C\CCCCC)OC(=O)CCCCCCC/C=C\CCCCCC. The lowest BCUT2D eigenvalue weighted by atomic mass is 10.1. The van der Waals surface area contributed by atoms with Crippen LogP contribution in [0.4, 0.5) is 0 Å². The third-order valence-corrected chi connectivity index (χ3v) is 10.8. The smallest absolute Gasteiger partial charge is 0.306 e. The van der Waals surface area contributed by atoms with E-state index in [2.05, 4.69) is 142 Å². The third-order valence-electron chi connectivity index (χ3n) is 10.8. The van der Waals surface area contributed by atoms with Gasteiger partial charge in [-0.1, -0.05) is 218 Å². The highest BCUT2D eigenvalue weighted by atomic mass is 16.6. The van der Waals surface area contributed by atoms with Crippen molar-refractivity contribution in [3.8, 4) is 0 Å². The molecule has 0 bridgehead atoms. The zero-order valence-electron chi connectivity index (χ0n) is 44.0. The first-order valence-corrected chi connectivity index (χ1v) is 27.3. The maximum absolute atomic E-state index is 12.8. The van der Waals surface area contributed by atoms with Crippen molar-refractivity contribution in [2.24, 2.45) is 0 Å². The van der Waals surface area contributed by atoms with Crippen molar-refractivity contribution < 1.29 is 28.6 Å². The Morgan fingerprint density at radius 3 is 0.986 bits per heavy atom. The van der Waals surface area contributed by atoms with Gasteiger partial charge in [-0.3, -0.25) is 14.4 Å². The van der Waals surface area contributed by atoms with Gasteiger partial charge in [-0.15, -0.1) is 0 Å². The molecular formula is C63H98O6.